The van der Waals surface area contributed by atoms with Crippen molar-refractivity contribution in [3.8, 4) is 0 Å². The molecule has 2 unspecified atom stereocenters. The zero-order valence-corrected chi connectivity index (χ0v) is 17.9. The van der Waals surface area contributed by atoms with Crippen LogP contribution in [0.15, 0.2) is 4.99 Å². The second kappa shape index (κ2) is 10.7. The van der Waals surface area contributed by atoms with Gasteiger partial charge in [0, 0.05) is 32.7 Å². The van der Waals surface area contributed by atoms with Crippen LogP contribution in [0.1, 0.15) is 47.0 Å². The van der Waals surface area contributed by atoms with E-state index >= 15 is 0 Å². The highest BCUT2D eigenvalue weighted by Crippen LogP contribution is 2.23. The Morgan fingerprint density at radius 2 is 1.87 bits per heavy atom. The van der Waals surface area contributed by atoms with Gasteiger partial charge in [-0.05, 0) is 57.0 Å². The molecule has 2 heterocycles. The van der Waals surface area contributed by atoms with Crippen LogP contribution >= 0.6 is 24.0 Å². The van der Waals surface area contributed by atoms with Gasteiger partial charge in [0.15, 0.2) is 5.96 Å². The summed E-state index contributed by atoms with van der Waals surface area (Å²) in [5.41, 5.74) is 0. The highest BCUT2D eigenvalue weighted by Gasteiger charge is 2.26. The summed E-state index contributed by atoms with van der Waals surface area (Å²) in [4.78, 5) is 10.00. The van der Waals surface area contributed by atoms with Crippen molar-refractivity contribution in [2.75, 3.05) is 45.8 Å². The molecule has 0 aromatic carbocycles. The molecule has 2 fully saturated rings. The zero-order chi connectivity index (χ0) is 15.9. The Morgan fingerprint density at radius 1 is 1.13 bits per heavy atom. The average Bonchev–Trinajstić information content (AvgIpc) is 3.12. The van der Waals surface area contributed by atoms with E-state index in [1.54, 1.807) is 0 Å². The molecule has 1 N–H and O–H groups in total. The molecule has 0 bridgehead atoms. The predicted octanol–water partition coefficient (Wildman–Crippen LogP) is 3.28. The SMILES string of the molecule is CCNC(=NCC1CCN(CC)C1)N1CCC(CC(C)C)C1.I. The van der Waals surface area contributed by atoms with E-state index in [1.807, 2.05) is 0 Å². The van der Waals surface area contributed by atoms with Gasteiger partial charge in [-0.25, -0.2) is 0 Å². The van der Waals surface area contributed by atoms with Gasteiger partial charge in [-0.1, -0.05) is 20.8 Å². The Labute approximate surface area is 160 Å². The lowest BCUT2D eigenvalue weighted by atomic mass is 9.97. The molecule has 0 spiro atoms. The number of aliphatic imine (C=N–C) groups is 1. The topological polar surface area (TPSA) is 30.9 Å². The molecule has 2 aliphatic rings. The quantitative estimate of drug-likeness (QED) is 0.394. The molecule has 4 nitrogen and oxygen atoms in total. The Hall–Kier alpha value is -0.0400. The summed E-state index contributed by atoms with van der Waals surface area (Å²) in [6, 6.07) is 0. The summed E-state index contributed by atoms with van der Waals surface area (Å²) < 4.78 is 0. The van der Waals surface area contributed by atoms with Crippen LogP contribution in [-0.2, 0) is 0 Å². The van der Waals surface area contributed by atoms with E-state index in [1.165, 1.54) is 52.0 Å². The molecule has 0 aliphatic carbocycles. The first-order valence-electron chi connectivity index (χ1n) is 9.37. The molecule has 2 saturated heterocycles. The number of rotatable bonds is 6. The van der Waals surface area contributed by atoms with Crippen molar-refractivity contribution in [3.63, 3.8) is 0 Å². The van der Waals surface area contributed by atoms with E-state index in [2.05, 4.69) is 42.8 Å². The standard InChI is InChI=1S/C18H36N4.HI/c1-5-19-18(20-12-17-7-9-21(6-2)13-17)22-10-8-16(14-22)11-15(3)4;/h15-17H,5-14H2,1-4H3,(H,19,20);1H. The third-order valence-corrected chi connectivity index (χ3v) is 5.04. The molecule has 0 radical (unpaired) electrons. The van der Waals surface area contributed by atoms with Crippen molar-refractivity contribution in [1.29, 1.82) is 0 Å². The van der Waals surface area contributed by atoms with E-state index < -0.39 is 0 Å². The summed E-state index contributed by atoms with van der Waals surface area (Å²) in [6.45, 7) is 17.1. The van der Waals surface area contributed by atoms with Gasteiger partial charge in [-0.2, -0.15) is 0 Å². The molecular weight excluding hydrogens is 399 g/mol. The third-order valence-electron chi connectivity index (χ3n) is 5.04. The minimum Gasteiger partial charge on any atom is -0.357 e. The highest BCUT2D eigenvalue weighted by molar-refractivity contribution is 14.0. The summed E-state index contributed by atoms with van der Waals surface area (Å²) in [5, 5.41) is 3.51. The fourth-order valence-electron chi connectivity index (χ4n) is 3.87. The molecule has 0 amide bonds. The molecule has 0 saturated carbocycles. The molecule has 2 rings (SSSR count). The van der Waals surface area contributed by atoms with E-state index in [4.69, 9.17) is 4.99 Å². The number of hydrogen-bond donors (Lipinski definition) is 1. The van der Waals surface area contributed by atoms with Gasteiger partial charge in [-0.15, -0.1) is 24.0 Å². The molecule has 23 heavy (non-hydrogen) atoms. The normalized spacial score (nSPS) is 26.0. The predicted molar refractivity (Wildman–Crippen MR) is 111 cm³/mol. The van der Waals surface area contributed by atoms with Crippen molar-refractivity contribution < 1.29 is 0 Å². The summed E-state index contributed by atoms with van der Waals surface area (Å²) >= 11 is 0. The number of hydrogen-bond acceptors (Lipinski definition) is 2. The molecule has 5 heteroatoms. The maximum atomic E-state index is 4.96. The Balaban J connectivity index is 0.00000264. The van der Waals surface area contributed by atoms with Gasteiger partial charge in [-0.3, -0.25) is 4.99 Å². The Bertz CT molecular complexity index is 359. The second-order valence-corrected chi connectivity index (χ2v) is 7.47. The molecular formula is C18H37IN4. The number of nitrogens with one attached hydrogen (secondary N) is 1. The maximum absolute atomic E-state index is 4.96. The Kier molecular flexibility index (Phi) is 9.82. The van der Waals surface area contributed by atoms with E-state index in [0.717, 1.165) is 36.8 Å². The molecule has 136 valence electrons. The van der Waals surface area contributed by atoms with Crippen LogP contribution in [0.25, 0.3) is 0 Å². The van der Waals surface area contributed by atoms with E-state index in [9.17, 15) is 0 Å². The van der Waals surface area contributed by atoms with Gasteiger partial charge in [0.2, 0.25) is 0 Å². The summed E-state index contributed by atoms with van der Waals surface area (Å²) in [5.74, 6) is 3.57. The van der Waals surface area contributed by atoms with Crippen LogP contribution in [0.5, 0.6) is 0 Å². The first-order valence-corrected chi connectivity index (χ1v) is 9.37. The van der Waals surface area contributed by atoms with Crippen molar-refractivity contribution in [2.24, 2.45) is 22.7 Å². The fourth-order valence-corrected chi connectivity index (χ4v) is 3.87. The minimum atomic E-state index is 0. The molecule has 2 aliphatic heterocycles. The second-order valence-electron chi connectivity index (χ2n) is 7.47. The van der Waals surface area contributed by atoms with Gasteiger partial charge in [0.25, 0.3) is 0 Å². The number of likely N-dealkylation sites (tertiary alicyclic amines) is 2. The van der Waals surface area contributed by atoms with Crippen molar-refractivity contribution in [1.82, 2.24) is 15.1 Å². The van der Waals surface area contributed by atoms with Crippen LogP contribution in [-0.4, -0.2) is 61.6 Å². The molecule has 0 aromatic rings. The van der Waals surface area contributed by atoms with Crippen molar-refractivity contribution in [2.45, 2.75) is 47.0 Å². The summed E-state index contributed by atoms with van der Waals surface area (Å²) in [6.07, 6.45) is 3.99. The van der Waals surface area contributed by atoms with Crippen LogP contribution in [0.4, 0.5) is 0 Å². The van der Waals surface area contributed by atoms with Gasteiger partial charge in [0.1, 0.15) is 0 Å². The van der Waals surface area contributed by atoms with Crippen LogP contribution < -0.4 is 5.32 Å². The molecule has 0 aromatic heterocycles. The van der Waals surface area contributed by atoms with Gasteiger partial charge in [0.05, 0.1) is 0 Å². The van der Waals surface area contributed by atoms with Crippen molar-refractivity contribution >= 4 is 29.9 Å². The smallest absolute Gasteiger partial charge is 0.193 e. The van der Waals surface area contributed by atoms with Gasteiger partial charge >= 0.3 is 0 Å². The minimum absolute atomic E-state index is 0. The van der Waals surface area contributed by atoms with Gasteiger partial charge < -0.3 is 15.1 Å². The summed E-state index contributed by atoms with van der Waals surface area (Å²) in [7, 11) is 0. The third kappa shape index (κ3) is 6.77. The average molecular weight is 436 g/mol. The largest absolute Gasteiger partial charge is 0.357 e. The van der Waals surface area contributed by atoms with Crippen LogP contribution in [0.2, 0.25) is 0 Å². The first kappa shape index (κ1) is 21.0. The number of nitrogens with zero attached hydrogens (tertiary/aromatic N) is 3. The fraction of sp³-hybridized carbons (Fsp3) is 0.944. The zero-order valence-electron chi connectivity index (χ0n) is 15.6. The monoisotopic (exact) mass is 436 g/mol. The lowest BCUT2D eigenvalue weighted by Crippen LogP contribution is -2.40. The maximum Gasteiger partial charge on any atom is 0.193 e. The Morgan fingerprint density at radius 3 is 2.48 bits per heavy atom. The van der Waals surface area contributed by atoms with Crippen LogP contribution in [0.3, 0.4) is 0 Å². The van der Waals surface area contributed by atoms with E-state index in [-0.39, 0.29) is 24.0 Å². The lowest BCUT2D eigenvalue weighted by Gasteiger charge is -2.22. The number of halogens is 1. The lowest BCUT2D eigenvalue weighted by molar-refractivity contribution is 0.343. The van der Waals surface area contributed by atoms with E-state index in [0.29, 0.717) is 0 Å². The van der Waals surface area contributed by atoms with Crippen molar-refractivity contribution in [3.05, 3.63) is 0 Å². The highest BCUT2D eigenvalue weighted by atomic mass is 127. The molecule has 2 atom stereocenters. The first-order chi connectivity index (χ1) is 10.6. The number of guanidine groups is 1. The van der Waals surface area contributed by atoms with Crippen LogP contribution in [0, 0.1) is 17.8 Å².